The monoisotopic (exact) mass is 202 g/mol. The number of rotatable bonds is 7. The minimum Gasteiger partial charge on any atom is -0.396 e. The summed E-state index contributed by atoms with van der Waals surface area (Å²) < 4.78 is 5.23. The molecule has 2 heteroatoms. The number of methoxy groups -OCH3 is 1. The molecule has 0 radical (unpaired) electrons. The van der Waals surface area contributed by atoms with Gasteiger partial charge in [0.25, 0.3) is 0 Å². The molecule has 0 rings (SSSR count). The topological polar surface area (TPSA) is 29.5 Å². The maximum atomic E-state index is 9.51. The molecule has 1 atom stereocenters. The Morgan fingerprint density at radius 1 is 1.21 bits per heavy atom. The van der Waals surface area contributed by atoms with E-state index in [1.165, 1.54) is 0 Å². The molecule has 0 aliphatic heterocycles. The third-order valence-corrected chi connectivity index (χ3v) is 3.19. The molecule has 0 bridgehead atoms. The van der Waals surface area contributed by atoms with Crippen LogP contribution in [0.3, 0.4) is 0 Å². The van der Waals surface area contributed by atoms with Crippen molar-refractivity contribution in [2.45, 2.75) is 40.5 Å². The standard InChI is InChI=1S/C12H26O2/c1-10(2)6-7-12(8-13,9-14-5)11(3)4/h10-11,13H,6-9H2,1-5H3. The highest BCUT2D eigenvalue weighted by atomic mass is 16.5. The maximum absolute atomic E-state index is 9.51. The van der Waals surface area contributed by atoms with Crippen LogP contribution < -0.4 is 0 Å². The van der Waals surface area contributed by atoms with Gasteiger partial charge in [0.15, 0.2) is 0 Å². The van der Waals surface area contributed by atoms with E-state index in [2.05, 4.69) is 27.7 Å². The summed E-state index contributed by atoms with van der Waals surface area (Å²) in [7, 11) is 1.71. The van der Waals surface area contributed by atoms with E-state index in [0.717, 1.165) is 12.8 Å². The van der Waals surface area contributed by atoms with Crippen LogP contribution in [0, 0.1) is 17.3 Å². The van der Waals surface area contributed by atoms with Gasteiger partial charge in [0.1, 0.15) is 0 Å². The first-order chi connectivity index (χ1) is 6.48. The summed E-state index contributed by atoms with van der Waals surface area (Å²) in [6.45, 7) is 9.65. The lowest BCUT2D eigenvalue weighted by atomic mass is 9.74. The maximum Gasteiger partial charge on any atom is 0.0543 e. The molecule has 0 aromatic carbocycles. The zero-order valence-electron chi connectivity index (χ0n) is 10.3. The first kappa shape index (κ1) is 13.9. The van der Waals surface area contributed by atoms with Gasteiger partial charge in [-0.2, -0.15) is 0 Å². The number of hydrogen-bond acceptors (Lipinski definition) is 2. The Balaban J connectivity index is 4.33. The predicted molar refractivity (Wildman–Crippen MR) is 60.3 cm³/mol. The van der Waals surface area contributed by atoms with Gasteiger partial charge in [-0.05, 0) is 18.3 Å². The summed E-state index contributed by atoms with van der Waals surface area (Å²) in [5.41, 5.74) is -0.0426. The van der Waals surface area contributed by atoms with Crippen molar-refractivity contribution >= 4 is 0 Å². The molecule has 86 valence electrons. The Morgan fingerprint density at radius 2 is 1.79 bits per heavy atom. The molecular formula is C12H26O2. The van der Waals surface area contributed by atoms with Crippen LogP contribution in [0.2, 0.25) is 0 Å². The Kier molecular flexibility index (Phi) is 6.38. The summed E-state index contributed by atoms with van der Waals surface area (Å²) in [5.74, 6) is 1.16. The highest BCUT2D eigenvalue weighted by molar-refractivity contribution is 4.82. The molecule has 0 saturated heterocycles. The van der Waals surface area contributed by atoms with Crippen LogP contribution in [0.15, 0.2) is 0 Å². The zero-order chi connectivity index (χ0) is 11.2. The van der Waals surface area contributed by atoms with Gasteiger partial charge in [-0.3, -0.25) is 0 Å². The summed E-state index contributed by atoms with van der Waals surface area (Å²) >= 11 is 0. The molecule has 0 aliphatic carbocycles. The summed E-state index contributed by atoms with van der Waals surface area (Å²) in [4.78, 5) is 0. The molecule has 1 N–H and O–H groups in total. The predicted octanol–water partition coefficient (Wildman–Crippen LogP) is 2.70. The fraction of sp³-hybridized carbons (Fsp3) is 1.00. The van der Waals surface area contributed by atoms with Gasteiger partial charge in [-0.25, -0.2) is 0 Å². The summed E-state index contributed by atoms with van der Waals surface area (Å²) in [6, 6.07) is 0. The van der Waals surface area contributed by atoms with E-state index in [1.807, 2.05) is 0 Å². The van der Waals surface area contributed by atoms with Crippen molar-refractivity contribution in [3.63, 3.8) is 0 Å². The number of aliphatic hydroxyl groups excluding tert-OH is 1. The zero-order valence-corrected chi connectivity index (χ0v) is 10.3. The Morgan fingerprint density at radius 3 is 2.07 bits per heavy atom. The summed E-state index contributed by atoms with van der Waals surface area (Å²) in [5, 5.41) is 9.51. The molecule has 0 aliphatic rings. The van der Waals surface area contributed by atoms with Crippen LogP contribution in [0.1, 0.15) is 40.5 Å². The fourth-order valence-electron chi connectivity index (χ4n) is 1.70. The third-order valence-electron chi connectivity index (χ3n) is 3.19. The van der Waals surface area contributed by atoms with Gasteiger partial charge < -0.3 is 9.84 Å². The quantitative estimate of drug-likeness (QED) is 0.688. The molecule has 0 saturated carbocycles. The number of aliphatic hydroxyl groups is 1. The van der Waals surface area contributed by atoms with Gasteiger partial charge >= 0.3 is 0 Å². The van der Waals surface area contributed by atoms with Crippen LogP contribution in [0.4, 0.5) is 0 Å². The fourth-order valence-corrected chi connectivity index (χ4v) is 1.70. The van der Waals surface area contributed by atoms with E-state index < -0.39 is 0 Å². The van der Waals surface area contributed by atoms with Gasteiger partial charge in [-0.15, -0.1) is 0 Å². The van der Waals surface area contributed by atoms with Crippen LogP contribution in [0.5, 0.6) is 0 Å². The van der Waals surface area contributed by atoms with Crippen molar-refractivity contribution in [3.05, 3.63) is 0 Å². The molecular weight excluding hydrogens is 176 g/mol. The van der Waals surface area contributed by atoms with Crippen molar-refractivity contribution in [2.75, 3.05) is 20.3 Å². The van der Waals surface area contributed by atoms with Crippen LogP contribution in [0.25, 0.3) is 0 Å². The van der Waals surface area contributed by atoms with Crippen LogP contribution in [-0.4, -0.2) is 25.4 Å². The molecule has 0 fully saturated rings. The number of hydrogen-bond donors (Lipinski definition) is 1. The average Bonchev–Trinajstić information content (AvgIpc) is 2.11. The van der Waals surface area contributed by atoms with Gasteiger partial charge in [-0.1, -0.05) is 34.1 Å². The largest absolute Gasteiger partial charge is 0.396 e. The minimum absolute atomic E-state index is 0.0426. The van der Waals surface area contributed by atoms with Crippen molar-refractivity contribution < 1.29 is 9.84 Å². The second-order valence-electron chi connectivity index (χ2n) is 5.04. The Labute approximate surface area is 88.7 Å². The molecule has 0 spiro atoms. The highest BCUT2D eigenvalue weighted by Crippen LogP contribution is 2.34. The molecule has 0 heterocycles. The van der Waals surface area contributed by atoms with Crippen LogP contribution in [-0.2, 0) is 4.74 Å². The molecule has 2 nitrogen and oxygen atoms in total. The first-order valence-electron chi connectivity index (χ1n) is 5.58. The molecule has 0 aromatic rings. The van der Waals surface area contributed by atoms with Crippen molar-refractivity contribution in [3.8, 4) is 0 Å². The lowest BCUT2D eigenvalue weighted by Crippen LogP contribution is -2.36. The summed E-state index contributed by atoms with van der Waals surface area (Å²) in [6.07, 6.45) is 2.20. The van der Waals surface area contributed by atoms with Crippen LogP contribution >= 0.6 is 0 Å². The van der Waals surface area contributed by atoms with E-state index in [0.29, 0.717) is 18.4 Å². The normalized spacial score (nSPS) is 16.3. The van der Waals surface area contributed by atoms with Crippen molar-refractivity contribution in [1.29, 1.82) is 0 Å². The van der Waals surface area contributed by atoms with E-state index in [4.69, 9.17) is 4.74 Å². The molecule has 1 unspecified atom stereocenters. The van der Waals surface area contributed by atoms with Gasteiger partial charge in [0, 0.05) is 12.5 Å². The number of ether oxygens (including phenoxy) is 1. The minimum atomic E-state index is -0.0426. The first-order valence-corrected chi connectivity index (χ1v) is 5.58. The third kappa shape index (κ3) is 3.97. The van der Waals surface area contributed by atoms with E-state index >= 15 is 0 Å². The van der Waals surface area contributed by atoms with Gasteiger partial charge in [0.2, 0.25) is 0 Å². The van der Waals surface area contributed by atoms with E-state index in [-0.39, 0.29) is 12.0 Å². The molecule has 0 amide bonds. The van der Waals surface area contributed by atoms with Crippen molar-refractivity contribution in [1.82, 2.24) is 0 Å². The van der Waals surface area contributed by atoms with E-state index in [9.17, 15) is 5.11 Å². The molecule has 0 aromatic heterocycles. The SMILES string of the molecule is COCC(CO)(CCC(C)C)C(C)C. The lowest BCUT2D eigenvalue weighted by Gasteiger charge is -2.35. The second kappa shape index (κ2) is 6.41. The highest BCUT2D eigenvalue weighted by Gasteiger charge is 2.32. The van der Waals surface area contributed by atoms with Crippen molar-refractivity contribution in [2.24, 2.45) is 17.3 Å². The molecule has 14 heavy (non-hydrogen) atoms. The van der Waals surface area contributed by atoms with E-state index in [1.54, 1.807) is 7.11 Å². The lowest BCUT2D eigenvalue weighted by molar-refractivity contribution is -0.0138. The smallest absolute Gasteiger partial charge is 0.0543 e. The Hall–Kier alpha value is -0.0800. The Bertz CT molecular complexity index is 143. The average molecular weight is 202 g/mol. The van der Waals surface area contributed by atoms with Gasteiger partial charge in [0.05, 0.1) is 13.2 Å². The second-order valence-corrected chi connectivity index (χ2v) is 5.04.